The molecule has 0 fully saturated rings. The standard InChI is InChI=1S/C17H17Cl2NO2S/c1-10-7-14(19)16(8-11(10)2)22-9-12-13(18)5-4-6-15(12)20-17(23)21-3/h4-8H,9H2,1-3H3,(H,20,23). The number of aryl methyl sites for hydroxylation is 2. The van der Waals surface area contributed by atoms with Gasteiger partial charge in [-0.1, -0.05) is 29.3 Å². The van der Waals surface area contributed by atoms with E-state index in [0.717, 1.165) is 22.4 Å². The highest BCUT2D eigenvalue weighted by Crippen LogP contribution is 2.31. The van der Waals surface area contributed by atoms with Crippen LogP contribution in [0.25, 0.3) is 0 Å². The molecule has 2 aromatic carbocycles. The zero-order chi connectivity index (χ0) is 17.0. The van der Waals surface area contributed by atoms with E-state index in [-0.39, 0.29) is 11.8 Å². The van der Waals surface area contributed by atoms with E-state index >= 15 is 0 Å². The Balaban J connectivity index is 2.23. The summed E-state index contributed by atoms with van der Waals surface area (Å²) in [6, 6.07) is 9.29. The molecule has 0 heterocycles. The molecule has 0 amide bonds. The Morgan fingerprint density at radius 2 is 1.83 bits per heavy atom. The zero-order valence-corrected chi connectivity index (χ0v) is 15.4. The summed E-state index contributed by atoms with van der Waals surface area (Å²) in [5, 5.41) is 4.39. The molecule has 0 unspecified atom stereocenters. The van der Waals surface area contributed by atoms with Gasteiger partial charge < -0.3 is 14.8 Å². The van der Waals surface area contributed by atoms with E-state index in [1.165, 1.54) is 7.11 Å². The number of rotatable bonds is 4. The molecule has 0 saturated carbocycles. The van der Waals surface area contributed by atoms with E-state index < -0.39 is 0 Å². The minimum atomic E-state index is 0.260. The van der Waals surface area contributed by atoms with Crippen LogP contribution in [-0.2, 0) is 11.3 Å². The quantitative estimate of drug-likeness (QED) is 0.717. The summed E-state index contributed by atoms with van der Waals surface area (Å²) in [6.07, 6.45) is 0. The van der Waals surface area contributed by atoms with E-state index in [1.807, 2.05) is 38.1 Å². The van der Waals surface area contributed by atoms with Crippen molar-refractivity contribution in [3.05, 3.63) is 57.1 Å². The molecule has 2 rings (SSSR count). The lowest BCUT2D eigenvalue weighted by molar-refractivity contribution is 0.307. The van der Waals surface area contributed by atoms with Crippen molar-refractivity contribution in [2.45, 2.75) is 20.5 Å². The van der Waals surface area contributed by atoms with Gasteiger partial charge in [-0.15, -0.1) is 0 Å². The molecule has 2 aromatic rings. The average molecular weight is 370 g/mol. The van der Waals surface area contributed by atoms with Gasteiger partial charge in [0, 0.05) is 16.3 Å². The van der Waals surface area contributed by atoms with E-state index in [2.05, 4.69) is 5.32 Å². The highest BCUT2D eigenvalue weighted by Gasteiger charge is 2.11. The number of nitrogens with one attached hydrogen (secondary N) is 1. The number of ether oxygens (including phenoxy) is 2. The second-order valence-electron chi connectivity index (χ2n) is 5.04. The normalized spacial score (nSPS) is 10.3. The summed E-state index contributed by atoms with van der Waals surface area (Å²) in [5.41, 5.74) is 3.75. The van der Waals surface area contributed by atoms with Crippen LogP contribution in [0.4, 0.5) is 5.69 Å². The van der Waals surface area contributed by atoms with Crippen LogP contribution in [0.3, 0.4) is 0 Å². The third kappa shape index (κ3) is 4.50. The first-order chi connectivity index (χ1) is 10.9. The second kappa shape index (κ2) is 7.86. The summed E-state index contributed by atoms with van der Waals surface area (Å²) >= 11 is 17.6. The van der Waals surface area contributed by atoms with Crippen LogP contribution in [0.2, 0.25) is 10.0 Å². The fourth-order valence-electron chi connectivity index (χ4n) is 2.00. The van der Waals surface area contributed by atoms with Crippen LogP contribution in [0.1, 0.15) is 16.7 Å². The van der Waals surface area contributed by atoms with E-state index in [0.29, 0.717) is 15.8 Å². The number of hydrogen-bond acceptors (Lipinski definition) is 3. The number of benzene rings is 2. The van der Waals surface area contributed by atoms with Gasteiger partial charge in [0.1, 0.15) is 12.4 Å². The van der Waals surface area contributed by atoms with Gasteiger partial charge in [0.15, 0.2) is 0 Å². The Kier molecular flexibility index (Phi) is 6.10. The Morgan fingerprint density at radius 3 is 2.52 bits per heavy atom. The largest absolute Gasteiger partial charge is 0.487 e. The van der Waals surface area contributed by atoms with Crippen LogP contribution in [0.5, 0.6) is 5.75 Å². The van der Waals surface area contributed by atoms with Crippen LogP contribution >= 0.6 is 35.4 Å². The predicted molar refractivity (Wildman–Crippen MR) is 99.9 cm³/mol. The number of hydrogen-bond donors (Lipinski definition) is 1. The molecule has 0 aliphatic carbocycles. The molecule has 1 N–H and O–H groups in total. The molecule has 0 aliphatic rings. The lowest BCUT2D eigenvalue weighted by atomic mass is 10.1. The van der Waals surface area contributed by atoms with Crippen LogP contribution in [0.15, 0.2) is 30.3 Å². The number of anilines is 1. The second-order valence-corrected chi connectivity index (χ2v) is 6.22. The SMILES string of the molecule is COC(=S)Nc1cccc(Cl)c1COc1cc(C)c(C)cc1Cl. The van der Waals surface area contributed by atoms with Gasteiger partial charge in [-0.25, -0.2) is 0 Å². The molecule has 0 radical (unpaired) electrons. The predicted octanol–water partition coefficient (Wildman–Crippen LogP) is 5.53. The molecule has 23 heavy (non-hydrogen) atoms. The van der Waals surface area contributed by atoms with Gasteiger partial charge >= 0.3 is 0 Å². The summed E-state index contributed by atoms with van der Waals surface area (Å²) < 4.78 is 10.8. The fraction of sp³-hybridized carbons (Fsp3) is 0.235. The maximum absolute atomic E-state index is 6.28. The molecule has 0 saturated heterocycles. The highest BCUT2D eigenvalue weighted by atomic mass is 35.5. The smallest absolute Gasteiger partial charge is 0.260 e. The maximum atomic E-state index is 6.28. The van der Waals surface area contributed by atoms with Crippen molar-refractivity contribution in [3.63, 3.8) is 0 Å². The first-order valence-electron chi connectivity index (χ1n) is 6.94. The topological polar surface area (TPSA) is 30.5 Å². The maximum Gasteiger partial charge on any atom is 0.260 e. The minimum Gasteiger partial charge on any atom is -0.487 e. The molecule has 3 nitrogen and oxygen atoms in total. The Morgan fingerprint density at radius 1 is 1.13 bits per heavy atom. The van der Waals surface area contributed by atoms with Crippen molar-refractivity contribution in [1.82, 2.24) is 0 Å². The first kappa shape index (κ1) is 17.9. The fourth-order valence-corrected chi connectivity index (χ4v) is 2.61. The summed E-state index contributed by atoms with van der Waals surface area (Å²) in [4.78, 5) is 0. The molecule has 0 spiro atoms. The van der Waals surface area contributed by atoms with Gasteiger partial charge in [-0.3, -0.25) is 0 Å². The third-order valence-electron chi connectivity index (χ3n) is 3.46. The van der Waals surface area contributed by atoms with Crippen LogP contribution in [0, 0.1) is 13.8 Å². The highest BCUT2D eigenvalue weighted by molar-refractivity contribution is 7.80. The van der Waals surface area contributed by atoms with Gasteiger partial charge in [0.2, 0.25) is 0 Å². The lowest BCUT2D eigenvalue weighted by Gasteiger charge is -2.15. The van der Waals surface area contributed by atoms with Gasteiger partial charge in [0.05, 0.1) is 12.1 Å². The number of halogens is 2. The van der Waals surface area contributed by atoms with Crippen molar-refractivity contribution in [3.8, 4) is 5.75 Å². The van der Waals surface area contributed by atoms with Crippen LogP contribution < -0.4 is 10.1 Å². The molecular weight excluding hydrogens is 353 g/mol. The molecule has 6 heteroatoms. The molecule has 0 bridgehead atoms. The van der Waals surface area contributed by atoms with Crippen molar-refractivity contribution in [2.75, 3.05) is 12.4 Å². The van der Waals surface area contributed by atoms with E-state index in [1.54, 1.807) is 6.07 Å². The van der Waals surface area contributed by atoms with E-state index in [4.69, 9.17) is 44.9 Å². The van der Waals surface area contributed by atoms with E-state index in [9.17, 15) is 0 Å². The molecule has 0 atom stereocenters. The minimum absolute atomic E-state index is 0.260. The van der Waals surface area contributed by atoms with Gasteiger partial charge in [0.25, 0.3) is 5.17 Å². The molecule has 0 aromatic heterocycles. The zero-order valence-electron chi connectivity index (χ0n) is 13.1. The number of thiocarbonyl (C=S) groups is 1. The molecular formula is C17H17Cl2NO2S. The van der Waals surface area contributed by atoms with Crippen molar-refractivity contribution in [1.29, 1.82) is 0 Å². The molecule has 0 aliphatic heterocycles. The van der Waals surface area contributed by atoms with Gasteiger partial charge in [-0.2, -0.15) is 0 Å². The monoisotopic (exact) mass is 369 g/mol. The Bertz CT molecular complexity index is 735. The molecule has 122 valence electrons. The Labute approximate surface area is 151 Å². The lowest BCUT2D eigenvalue weighted by Crippen LogP contribution is -2.13. The van der Waals surface area contributed by atoms with Crippen molar-refractivity contribution < 1.29 is 9.47 Å². The third-order valence-corrected chi connectivity index (χ3v) is 4.38. The average Bonchev–Trinajstić information content (AvgIpc) is 2.51. The van der Waals surface area contributed by atoms with Crippen molar-refractivity contribution >= 4 is 46.3 Å². The summed E-state index contributed by atoms with van der Waals surface area (Å²) in [7, 11) is 1.50. The van der Waals surface area contributed by atoms with Crippen molar-refractivity contribution in [2.24, 2.45) is 0 Å². The summed E-state index contributed by atoms with van der Waals surface area (Å²) in [6.45, 7) is 4.28. The first-order valence-corrected chi connectivity index (χ1v) is 8.10. The Hall–Kier alpha value is -1.49. The summed E-state index contributed by atoms with van der Waals surface area (Å²) in [5.74, 6) is 0.620. The van der Waals surface area contributed by atoms with Gasteiger partial charge in [-0.05, 0) is 61.5 Å². The number of methoxy groups -OCH3 is 1. The van der Waals surface area contributed by atoms with Crippen LogP contribution in [-0.4, -0.2) is 12.3 Å².